The van der Waals surface area contributed by atoms with Crippen LogP contribution in [0.5, 0.6) is 11.5 Å². The van der Waals surface area contributed by atoms with Gasteiger partial charge in [0.15, 0.2) is 5.78 Å². The first-order chi connectivity index (χ1) is 13.1. The molecule has 0 N–H and O–H groups in total. The van der Waals surface area contributed by atoms with Gasteiger partial charge in [-0.2, -0.15) is 0 Å². The van der Waals surface area contributed by atoms with Gasteiger partial charge in [0, 0.05) is 10.5 Å². The largest absolute Gasteiger partial charge is 0.497 e. The maximum atomic E-state index is 13.3. The van der Waals surface area contributed by atoms with Crippen LogP contribution in [0.15, 0.2) is 77.7 Å². The summed E-state index contributed by atoms with van der Waals surface area (Å²) in [5.41, 5.74) is 2.81. The molecule has 0 spiro atoms. The Bertz CT molecular complexity index is 884. The van der Waals surface area contributed by atoms with E-state index in [2.05, 4.69) is 31.2 Å². The molecule has 0 aliphatic rings. The summed E-state index contributed by atoms with van der Waals surface area (Å²) < 4.78 is 10.4. The predicted molar refractivity (Wildman–Crippen MR) is 110 cm³/mol. The number of ether oxygens (including phenoxy) is 2. The zero-order valence-corrected chi connectivity index (χ0v) is 16.5. The van der Waals surface area contributed by atoms with E-state index in [4.69, 9.17) is 9.47 Å². The van der Waals surface area contributed by atoms with Crippen molar-refractivity contribution in [2.24, 2.45) is 0 Å². The fourth-order valence-electron chi connectivity index (χ4n) is 2.71. The first kappa shape index (κ1) is 19.1. The van der Waals surface area contributed by atoms with Crippen molar-refractivity contribution in [1.82, 2.24) is 0 Å². The van der Waals surface area contributed by atoms with Crippen LogP contribution in [0.4, 0.5) is 0 Å². The molecule has 1 unspecified atom stereocenters. The van der Waals surface area contributed by atoms with E-state index in [0.29, 0.717) is 5.56 Å². The number of methoxy groups -OCH3 is 2. The number of thioether (sulfide) groups is 1. The minimum Gasteiger partial charge on any atom is -0.497 e. The van der Waals surface area contributed by atoms with Gasteiger partial charge in [0.25, 0.3) is 0 Å². The Balaban J connectivity index is 1.93. The molecule has 0 radical (unpaired) electrons. The molecule has 0 aliphatic carbocycles. The lowest BCUT2D eigenvalue weighted by Gasteiger charge is -2.17. The first-order valence-corrected chi connectivity index (χ1v) is 9.54. The molecular formula is C23H22O3S. The third-order valence-corrected chi connectivity index (χ3v) is 5.57. The van der Waals surface area contributed by atoms with Crippen molar-refractivity contribution >= 4 is 17.5 Å². The molecule has 0 bridgehead atoms. The highest BCUT2D eigenvalue weighted by molar-refractivity contribution is 8.00. The van der Waals surface area contributed by atoms with Crippen molar-refractivity contribution in [3.63, 3.8) is 0 Å². The van der Waals surface area contributed by atoms with Gasteiger partial charge in [-0.15, -0.1) is 11.8 Å². The molecule has 0 aromatic heterocycles. The van der Waals surface area contributed by atoms with E-state index in [-0.39, 0.29) is 11.0 Å². The molecular weight excluding hydrogens is 356 g/mol. The molecule has 1 atom stereocenters. The summed E-state index contributed by atoms with van der Waals surface area (Å²) >= 11 is 1.56. The molecule has 4 heteroatoms. The van der Waals surface area contributed by atoms with Crippen LogP contribution >= 0.6 is 11.8 Å². The Morgan fingerprint density at radius 2 is 1.30 bits per heavy atom. The Hall–Kier alpha value is -2.72. The monoisotopic (exact) mass is 378 g/mol. The van der Waals surface area contributed by atoms with Crippen molar-refractivity contribution in [2.75, 3.05) is 14.2 Å². The number of carbonyl (C=O) groups is 1. The number of rotatable bonds is 7. The topological polar surface area (TPSA) is 35.5 Å². The Labute approximate surface area is 164 Å². The van der Waals surface area contributed by atoms with E-state index in [0.717, 1.165) is 22.0 Å². The number of aryl methyl sites for hydroxylation is 1. The van der Waals surface area contributed by atoms with Gasteiger partial charge in [0.1, 0.15) is 11.5 Å². The number of benzene rings is 3. The summed E-state index contributed by atoms with van der Waals surface area (Å²) in [5, 5.41) is -0.341. The van der Waals surface area contributed by atoms with Crippen molar-refractivity contribution in [1.29, 1.82) is 0 Å². The quantitative estimate of drug-likeness (QED) is 0.389. The Morgan fingerprint density at radius 1 is 0.778 bits per heavy atom. The van der Waals surface area contributed by atoms with Crippen molar-refractivity contribution in [3.8, 4) is 11.5 Å². The van der Waals surface area contributed by atoms with Gasteiger partial charge in [-0.25, -0.2) is 0 Å². The van der Waals surface area contributed by atoms with E-state index in [1.54, 1.807) is 26.0 Å². The fraction of sp³-hybridized carbons (Fsp3) is 0.174. The van der Waals surface area contributed by atoms with Gasteiger partial charge in [-0.05, 0) is 61.0 Å². The van der Waals surface area contributed by atoms with E-state index in [1.807, 2.05) is 48.5 Å². The third kappa shape index (κ3) is 4.72. The third-order valence-electron chi connectivity index (χ3n) is 4.31. The van der Waals surface area contributed by atoms with Crippen LogP contribution in [0.2, 0.25) is 0 Å². The molecule has 3 aromatic rings. The van der Waals surface area contributed by atoms with Crippen molar-refractivity contribution in [3.05, 3.63) is 89.5 Å². The van der Waals surface area contributed by atoms with Gasteiger partial charge >= 0.3 is 0 Å². The highest BCUT2D eigenvalue weighted by atomic mass is 32.2. The average molecular weight is 378 g/mol. The van der Waals surface area contributed by atoms with Gasteiger partial charge in [0.05, 0.1) is 19.5 Å². The van der Waals surface area contributed by atoms with Crippen LogP contribution in [0.3, 0.4) is 0 Å². The second-order valence-corrected chi connectivity index (χ2v) is 7.36. The Kier molecular flexibility index (Phi) is 6.20. The molecule has 27 heavy (non-hydrogen) atoms. The number of ketones is 1. The highest BCUT2D eigenvalue weighted by Gasteiger charge is 2.23. The smallest absolute Gasteiger partial charge is 0.180 e. The van der Waals surface area contributed by atoms with Gasteiger partial charge in [0.2, 0.25) is 0 Å². The molecule has 138 valence electrons. The molecule has 3 aromatic carbocycles. The predicted octanol–water partition coefficient (Wildman–Crippen LogP) is 5.73. The van der Waals surface area contributed by atoms with E-state index in [1.165, 1.54) is 5.56 Å². The number of hydrogen-bond acceptors (Lipinski definition) is 4. The Morgan fingerprint density at radius 3 is 1.81 bits per heavy atom. The zero-order chi connectivity index (χ0) is 19.2. The van der Waals surface area contributed by atoms with Crippen LogP contribution in [0.25, 0.3) is 0 Å². The fourth-order valence-corrected chi connectivity index (χ4v) is 3.81. The number of hydrogen-bond donors (Lipinski definition) is 0. The molecule has 3 nitrogen and oxygen atoms in total. The molecule has 0 fully saturated rings. The maximum Gasteiger partial charge on any atom is 0.180 e. The first-order valence-electron chi connectivity index (χ1n) is 8.66. The second kappa shape index (κ2) is 8.78. The minimum atomic E-state index is -0.341. The summed E-state index contributed by atoms with van der Waals surface area (Å²) in [4.78, 5) is 14.3. The molecule has 0 saturated heterocycles. The molecule has 0 saturated carbocycles. The van der Waals surface area contributed by atoms with Crippen LogP contribution in [0.1, 0.15) is 26.7 Å². The maximum absolute atomic E-state index is 13.3. The lowest BCUT2D eigenvalue weighted by Crippen LogP contribution is -2.10. The summed E-state index contributed by atoms with van der Waals surface area (Å²) in [5.74, 6) is 1.57. The molecule has 0 amide bonds. The zero-order valence-electron chi connectivity index (χ0n) is 15.6. The van der Waals surface area contributed by atoms with E-state index in [9.17, 15) is 4.79 Å². The lowest BCUT2D eigenvalue weighted by atomic mass is 10.0. The van der Waals surface area contributed by atoms with Crippen molar-refractivity contribution in [2.45, 2.75) is 17.1 Å². The van der Waals surface area contributed by atoms with Crippen LogP contribution in [-0.4, -0.2) is 20.0 Å². The standard InChI is InChI=1S/C23H22O3S/c1-16-4-14-21(15-5-16)27-23(18-8-12-20(26-3)13-9-18)22(24)17-6-10-19(25-2)11-7-17/h4-15,23H,1-3H3. The van der Waals surface area contributed by atoms with Gasteiger partial charge < -0.3 is 9.47 Å². The van der Waals surface area contributed by atoms with Crippen LogP contribution in [0, 0.1) is 6.92 Å². The second-order valence-electron chi connectivity index (χ2n) is 6.18. The summed E-state index contributed by atoms with van der Waals surface area (Å²) in [6.45, 7) is 2.05. The van der Waals surface area contributed by atoms with Gasteiger partial charge in [-0.1, -0.05) is 29.8 Å². The summed E-state index contributed by atoms with van der Waals surface area (Å²) in [6.07, 6.45) is 0. The number of Topliss-reactive ketones (excluding diaryl/α,β-unsaturated/α-hetero) is 1. The lowest BCUT2D eigenvalue weighted by molar-refractivity contribution is 0.0989. The highest BCUT2D eigenvalue weighted by Crippen LogP contribution is 2.38. The van der Waals surface area contributed by atoms with Crippen LogP contribution < -0.4 is 9.47 Å². The van der Waals surface area contributed by atoms with Crippen LogP contribution in [-0.2, 0) is 0 Å². The van der Waals surface area contributed by atoms with E-state index >= 15 is 0 Å². The normalized spacial score (nSPS) is 11.7. The molecule has 0 aliphatic heterocycles. The van der Waals surface area contributed by atoms with E-state index < -0.39 is 0 Å². The summed E-state index contributed by atoms with van der Waals surface area (Å²) in [6, 6.07) is 23.2. The molecule has 0 heterocycles. The minimum absolute atomic E-state index is 0.0633. The molecule has 3 rings (SSSR count). The SMILES string of the molecule is COc1ccc(C(=O)C(Sc2ccc(C)cc2)c2ccc(OC)cc2)cc1. The van der Waals surface area contributed by atoms with Gasteiger partial charge in [-0.3, -0.25) is 4.79 Å². The summed E-state index contributed by atoms with van der Waals surface area (Å²) in [7, 11) is 3.25. The average Bonchev–Trinajstić information content (AvgIpc) is 2.73. The van der Waals surface area contributed by atoms with Crippen molar-refractivity contribution < 1.29 is 14.3 Å². The number of carbonyl (C=O) groups excluding carboxylic acids is 1.